The van der Waals surface area contributed by atoms with E-state index in [0.29, 0.717) is 25.3 Å². The number of hydrogen-bond acceptors (Lipinski definition) is 5. The van der Waals surface area contributed by atoms with Gasteiger partial charge in [-0.3, -0.25) is 4.79 Å². The van der Waals surface area contributed by atoms with Crippen LogP contribution >= 0.6 is 0 Å². The number of methoxy groups -OCH3 is 1. The fraction of sp³-hybridized carbons (Fsp3) is 0.217. The summed E-state index contributed by atoms with van der Waals surface area (Å²) in [7, 11) is 1.62. The first-order valence-electron chi connectivity index (χ1n) is 9.44. The molecule has 2 aromatic carbocycles. The molecule has 0 radical (unpaired) electrons. The number of nitrogens with zero attached hydrogens (tertiary/aromatic N) is 1. The maximum Gasteiger partial charge on any atom is 0.252 e. The van der Waals surface area contributed by atoms with E-state index in [-0.39, 0.29) is 5.91 Å². The van der Waals surface area contributed by atoms with Crippen molar-refractivity contribution in [3.05, 3.63) is 83.6 Å². The largest absolute Gasteiger partial charge is 0.497 e. The summed E-state index contributed by atoms with van der Waals surface area (Å²) in [5.41, 5.74) is 2.92. The molecule has 0 aliphatic rings. The van der Waals surface area contributed by atoms with Gasteiger partial charge in [0.2, 0.25) is 0 Å². The Morgan fingerprint density at radius 1 is 0.966 bits per heavy atom. The molecule has 3 aromatic rings. The molecule has 1 aromatic heterocycles. The highest BCUT2D eigenvalue weighted by Gasteiger charge is 2.06. The molecule has 6 nitrogen and oxygen atoms in total. The first kappa shape index (κ1) is 20.2. The van der Waals surface area contributed by atoms with Crippen molar-refractivity contribution in [2.45, 2.75) is 13.5 Å². The van der Waals surface area contributed by atoms with Crippen LogP contribution in [0.15, 0.2) is 66.9 Å². The number of anilines is 1. The number of carbonyl (C=O) groups excluding carboxylic acids is 1. The van der Waals surface area contributed by atoms with E-state index in [1.54, 1.807) is 25.4 Å². The topological polar surface area (TPSA) is 72.5 Å². The minimum Gasteiger partial charge on any atom is -0.497 e. The van der Waals surface area contributed by atoms with Gasteiger partial charge in [0.1, 0.15) is 23.9 Å². The Hall–Kier alpha value is -3.54. The molecule has 1 heterocycles. The molecule has 2 N–H and O–H groups in total. The summed E-state index contributed by atoms with van der Waals surface area (Å²) in [5.74, 6) is 2.05. The van der Waals surface area contributed by atoms with Crippen molar-refractivity contribution >= 4 is 11.7 Å². The zero-order valence-electron chi connectivity index (χ0n) is 16.6. The number of hydrogen-bond donors (Lipinski definition) is 2. The van der Waals surface area contributed by atoms with E-state index in [2.05, 4.69) is 46.8 Å². The summed E-state index contributed by atoms with van der Waals surface area (Å²) in [6.07, 6.45) is 1.57. The van der Waals surface area contributed by atoms with Crippen molar-refractivity contribution in [3.63, 3.8) is 0 Å². The number of pyridine rings is 1. The van der Waals surface area contributed by atoms with Gasteiger partial charge in [0.25, 0.3) is 5.91 Å². The van der Waals surface area contributed by atoms with Crippen LogP contribution in [0.4, 0.5) is 5.82 Å². The van der Waals surface area contributed by atoms with E-state index >= 15 is 0 Å². The molecule has 0 bridgehead atoms. The van der Waals surface area contributed by atoms with Gasteiger partial charge < -0.3 is 20.1 Å². The number of amides is 1. The molecule has 0 saturated heterocycles. The van der Waals surface area contributed by atoms with Crippen LogP contribution in [0.5, 0.6) is 11.5 Å². The fourth-order valence-corrected chi connectivity index (χ4v) is 2.64. The normalized spacial score (nSPS) is 10.3. The number of nitrogens with one attached hydrogen (secondary N) is 2. The minimum absolute atomic E-state index is 0.180. The van der Waals surface area contributed by atoms with Crippen molar-refractivity contribution in [3.8, 4) is 11.5 Å². The molecule has 0 aliphatic heterocycles. The number of benzene rings is 2. The lowest BCUT2D eigenvalue weighted by Gasteiger charge is -2.09. The summed E-state index contributed by atoms with van der Waals surface area (Å²) in [6.45, 7) is 3.52. The summed E-state index contributed by atoms with van der Waals surface area (Å²) in [5, 5.41) is 6.08. The van der Waals surface area contributed by atoms with Crippen LogP contribution < -0.4 is 20.1 Å². The maximum absolute atomic E-state index is 12.2. The second kappa shape index (κ2) is 10.1. The molecule has 29 heavy (non-hydrogen) atoms. The van der Waals surface area contributed by atoms with E-state index in [1.165, 1.54) is 11.1 Å². The predicted octanol–water partition coefficient (Wildman–Crippen LogP) is 3.82. The number of aryl methyl sites for hydroxylation is 1. The zero-order valence-corrected chi connectivity index (χ0v) is 16.6. The van der Waals surface area contributed by atoms with Gasteiger partial charge in [-0.15, -0.1) is 0 Å². The Morgan fingerprint density at radius 3 is 2.34 bits per heavy atom. The third-order valence-corrected chi connectivity index (χ3v) is 4.34. The van der Waals surface area contributed by atoms with Crippen LogP contribution in [0, 0.1) is 6.92 Å². The Balaban J connectivity index is 1.40. The minimum atomic E-state index is -0.180. The van der Waals surface area contributed by atoms with Crippen molar-refractivity contribution in [1.29, 1.82) is 0 Å². The average Bonchev–Trinajstić information content (AvgIpc) is 2.77. The smallest absolute Gasteiger partial charge is 0.252 e. The van der Waals surface area contributed by atoms with Crippen LogP contribution in [-0.2, 0) is 6.54 Å². The summed E-state index contributed by atoms with van der Waals surface area (Å²) in [4.78, 5) is 16.5. The number of aromatic nitrogens is 1. The standard InChI is InChI=1S/C23H25N3O3/c1-17-3-5-18(6-4-17)15-25-22-12-7-19(16-26-22)23(27)24-13-14-29-21-10-8-20(28-2)9-11-21/h3-12,16H,13-15H2,1-2H3,(H,24,27)(H,25,26). The Labute approximate surface area is 170 Å². The van der Waals surface area contributed by atoms with E-state index in [4.69, 9.17) is 9.47 Å². The molecule has 150 valence electrons. The fourth-order valence-electron chi connectivity index (χ4n) is 2.64. The lowest BCUT2D eigenvalue weighted by atomic mass is 10.1. The molecular weight excluding hydrogens is 366 g/mol. The summed E-state index contributed by atoms with van der Waals surface area (Å²) < 4.78 is 10.7. The zero-order chi connectivity index (χ0) is 20.5. The maximum atomic E-state index is 12.2. The van der Waals surface area contributed by atoms with Gasteiger partial charge in [0.15, 0.2) is 0 Å². The SMILES string of the molecule is COc1ccc(OCCNC(=O)c2ccc(NCc3ccc(C)cc3)nc2)cc1. The lowest BCUT2D eigenvalue weighted by molar-refractivity contribution is 0.0946. The number of rotatable bonds is 9. The monoisotopic (exact) mass is 391 g/mol. The van der Waals surface area contributed by atoms with Gasteiger partial charge in [-0.2, -0.15) is 0 Å². The van der Waals surface area contributed by atoms with Crippen molar-refractivity contribution in [2.75, 3.05) is 25.6 Å². The molecule has 1 amide bonds. The van der Waals surface area contributed by atoms with E-state index in [9.17, 15) is 4.79 Å². The molecule has 0 aliphatic carbocycles. The Bertz CT molecular complexity index is 908. The van der Waals surface area contributed by atoms with Crippen molar-refractivity contribution < 1.29 is 14.3 Å². The summed E-state index contributed by atoms with van der Waals surface area (Å²) >= 11 is 0. The molecule has 0 saturated carbocycles. The van der Waals surface area contributed by atoms with Gasteiger partial charge in [-0.1, -0.05) is 29.8 Å². The third kappa shape index (κ3) is 6.24. The highest BCUT2D eigenvalue weighted by Crippen LogP contribution is 2.16. The molecule has 0 atom stereocenters. The van der Waals surface area contributed by atoms with Crippen molar-refractivity contribution in [1.82, 2.24) is 10.3 Å². The molecule has 0 unspecified atom stereocenters. The molecule has 6 heteroatoms. The second-order valence-electron chi connectivity index (χ2n) is 6.55. The van der Waals surface area contributed by atoms with Crippen LogP contribution in [0.25, 0.3) is 0 Å². The highest BCUT2D eigenvalue weighted by atomic mass is 16.5. The van der Waals surface area contributed by atoms with Crippen LogP contribution in [-0.4, -0.2) is 31.2 Å². The summed E-state index contributed by atoms with van der Waals surface area (Å²) in [6, 6.07) is 19.2. The van der Waals surface area contributed by atoms with Crippen LogP contribution in [0.2, 0.25) is 0 Å². The Kier molecular flexibility index (Phi) is 7.05. The number of ether oxygens (including phenoxy) is 2. The third-order valence-electron chi connectivity index (χ3n) is 4.34. The van der Waals surface area contributed by atoms with Gasteiger partial charge >= 0.3 is 0 Å². The second-order valence-corrected chi connectivity index (χ2v) is 6.55. The molecule has 0 fully saturated rings. The average molecular weight is 391 g/mol. The first-order valence-corrected chi connectivity index (χ1v) is 9.44. The van der Waals surface area contributed by atoms with Crippen LogP contribution in [0.1, 0.15) is 21.5 Å². The molecular formula is C23H25N3O3. The van der Waals surface area contributed by atoms with Gasteiger partial charge in [0.05, 0.1) is 19.2 Å². The van der Waals surface area contributed by atoms with Gasteiger partial charge in [-0.25, -0.2) is 4.98 Å². The predicted molar refractivity (Wildman–Crippen MR) is 114 cm³/mol. The Morgan fingerprint density at radius 2 is 1.69 bits per heavy atom. The number of carbonyl (C=O) groups is 1. The first-order chi connectivity index (χ1) is 14.1. The van der Waals surface area contributed by atoms with E-state index in [0.717, 1.165) is 17.3 Å². The van der Waals surface area contributed by atoms with E-state index < -0.39 is 0 Å². The van der Waals surface area contributed by atoms with Crippen molar-refractivity contribution in [2.24, 2.45) is 0 Å². The van der Waals surface area contributed by atoms with Gasteiger partial charge in [0, 0.05) is 12.7 Å². The van der Waals surface area contributed by atoms with Crippen LogP contribution in [0.3, 0.4) is 0 Å². The van der Waals surface area contributed by atoms with Gasteiger partial charge in [-0.05, 0) is 48.9 Å². The lowest BCUT2D eigenvalue weighted by Crippen LogP contribution is -2.28. The molecule has 0 spiro atoms. The molecule has 3 rings (SSSR count). The van der Waals surface area contributed by atoms with E-state index in [1.807, 2.05) is 24.3 Å². The quantitative estimate of drug-likeness (QED) is 0.543. The highest BCUT2D eigenvalue weighted by molar-refractivity contribution is 5.94.